The van der Waals surface area contributed by atoms with Crippen molar-refractivity contribution < 1.29 is 23.5 Å². The van der Waals surface area contributed by atoms with E-state index in [1.54, 1.807) is 26.8 Å². The highest BCUT2D eigenvalue weighted by molar-refractivity contribution is 9.10. The summed E-state index contributed by atoms with van der Waals surface area (Å²) in [5.74, 6) is -1.51. The van der Waals surface area contributed by atoms with E-state index in [9.17, 15) is 14.0 Å². The van der Waals surface area contributed by atoms with Gasteiger partial charge >= 0.3 is 5.97 Å². The van der Waals surface area contributed by atoms with Gasteiger partial charge in [0.25, 0.3) is 5.91 Å². The van der Waals surface area contributed by atoms with Gasteiger partial charge in [0, 0.05) is 17.6 Å². The molecule has 0 aliphatic rings. The second kappa shape index (κ2) is 9.87. The molecular formula is C18H26BrFN2O4. The number of ether oxygens (including phenoxy) is 2. The zero-order valence-corrected chi connectivity index (χ0v) is 17.4. The minimum atomic E-state index is -0.635. The number of amides is 1. The molecule has 0 unspecified atom stereocenters. The van der Waals surface area contributed by atoms with Crippen LogP contribution in [0.1, 0.15) is 20.8 Å². The van der Waals surface area contributed by atoms with Gasteiger partial charge in [-0.15, -0.1) is 0 Å². The number of hydrogen-bond acceptors (Lipinski definition) is 5. The van der Waals surface area contributed by atoms with Gasteiger partial charge in [0.2, 0.25) is 0 Å². The normalized spacial score (nSPS) is 11.4. The molecule has 0 N–H and O–H groups in total. The highest BCUT2D eigenvalue weighted by Crippen LogP contribution is 2.21. The summed E-state index contributed by atoms with van der Waals surface area (Å²) in [7, 11) is 3.73. The average molecular weight is 433 g/mol. The molecule has 0 radical (unpaired) electrons. The number of likely N-dealkylation sites (N-methyl/N-ethyl adjacent to an activating group) is 1. The summed E-state index contributed by atoms with van der Waals surface area (Å²) in [5, 5.41) is 0. The molecule has 0 heterocycles. The maximum atomic E-state index is 13.8. The van der Waals surface area contributed by atoms with Crippen molar-refractivity contribution in [2.45, 2.75) is 26.4 Å². The number of carbonyl (C=O) groups excluding carboxylic acids is 2. The van der Waals surface area contributed by atoms with Gasteiger partial charge in [-0.05, 0) is 53.1 Å². The second-order valence-electron chi connectivity index (χ2n) is 7.07. The van der Waals surface area contributed by atoms with Crippen LogP contribution < -0.4 is 4.74 Å². The van der Waals surface area contributed by atoms with Crippen LogP contribution in [-0.4, -0.2) is 67.6 Å². The van der Waals surface area contributed by atoms with Gasteiger partial charge in [-0.3, -0.25) is 9.59 Å². The van der Waals surface area contributed by atoms with Crippen LogP contribution in [0.2, 0.25) is 0 Å². The number of rotatable bonds is 8. The van der Waals surface area contributed by atoms with Gasteiger partial charge < -0.3 is 19.3 Å². The Morgan fingerprint density at radius 3 is 2.38 bits per heavy atom. The summed E-state index contributed by atoms with van der Waals surface area (Å²) in [6.45, 7) is 5.63. The van der Waals surface area contributed by atoms with Crippen molar-refractivity contribution >= 4 is 27.8 Å². The molecule has 6 nitrogen and oxygen atoms in total. The molecule has 1 rings (SSSR count). The smallest absolute Gasteiger partial charge is 0.326 e. The third-order valence-corrected chi connectivity index (χ3v) is 3.65. The fourth-order valence-corrected chi connectivity index (χ4v) is 2.30. The van der Waals surface area contributed by atoms with E-state index < -0.39 is 23.3 Å². The summed E-state index contributed by atoms with van der Waals surface area (Å²) >= 11 is 3.16. The number of benzene rings is 1. The predicted octanol–water partition coefficient (Wildman–Crippen LogP) is 2.70. The first-order valence-electron chi connectivity index (χ1n) is 8.20. The van der Waals surface area contributed by atoms with Crippen LogP contribution in [0.25, 0.3) is 0 Å². The molecule has 1 aromatic rings. The third kappa shape index (κ3) is 8.62. The van der Waals surface area contributed by atoms with Crippen LogP contribution in [0.15, 0.2) is 22.7 Å². The maximum Gasteiger partial charge on any atom is 0.326 e. The van der Waals surface area contributed by atoms with E-state index in [-0.39, 0.29) is 18.9 Å². The molecule has 1 aromatic carbocycles. The number of nitrogens with zero attached hydrogens (tertiary/aromatic N) is 2. The summed E-state index contributed by atoms with van der Waals surface area (Å²) in [5.41, 5.74) is -0.635. The topological polar surface area (TPSA) is 59.1 Å². The van der Waals surface area contributed by atoms with Crippen molar-refractivity contribution in [2.75, 3.05) is 40.3 Å². The molecule has 0 spiro atoms. The Balaban J connectivity index is 2.71. The van der Waals surface area contributed by atoms with Gasteiger partial charge in [-0.2, -0.15) is 0 Å². The maximum absolute atomic E-state index is 13.8. The van der Waals surface area contributed by atoms with Crippen LogP contribution in [0.3, 0.4) is 0 Å². The molecule has 0 saturated carbocycles. The SMILES string of the molecule is CN(C)CCN(CC(=O)OC(C)(C)C)C(=O)COc1ccc(Br)cc1F. The molecule has 0 aliphatic carbocycles. The number of halogens is 2. The van der Waals surface area contributed by atoms with Crippen molar-refractivity contribution in [3.63, 3.8) is 0 Å². The highest BCUT2D eigenvalue weighted by Gasteiger charge is 2.22. The summed E-state index contributed by atoms with van der Waals surface area (Å²) in [6, 6.07) is 4.31. The number of esters is 1. The van der Waals surface area contributed by atoms with Crippen molar-refractivity contribution in [3.05, 3.63) is 28.5 Å². The molecule has 0 aliphatic heterocycles. The van der Waals surface area contributed by atoms with E-state index in [0.717, 1.165) is 0 Å². The zero-order chi connectivity index (χ0) is 19.9. The molecule has 8 heteroatoms. The lowest BCUT2D eigenvalue weighted by Crippen LogP contribution is -2.43. The molecule has 0 aromatic heterocycles. The summed E-state index contributed by atoms with van der Waals surface area (Å²) in [6.07, 6.45) is 0. The van der Waals surface area contributed by atoms with Gasteiger partial charge in [0.05, 0.1) is 0 Å². The van der Waals surface area contributed by atoms with Crippen LogP contribution in [0, 0.1) is 5.82 Å². The zero-order valence-electron chi connectivity index (χ0n) is 15.8. The Morgan fingerprint density at radius 1 is 1.19 bits per heavy atom. The molecule has 0 atom stereocenters. The van der Waals surface area contributed by atoms with Crippen LogP contribution >= 0.6 is 15.9 Å². The third-order valence-electron chi connectivity index (χ3n) is 3.15. The quantitative estimate of drug-likeness (QED) is 0.591. The second-order valence-corrected chi connectivity index (χ2v) is 7.98. The molecule has 0 saturated heterocycles. The molecule has 0 fully saturated rings. The first-order chi connectivity index (χ1) is 12.0. The van der Waals surface area contributed by atoms with E-state index in [1.807, 2.05) is 19.0 Å². The Labute approximate surface area is 162 Å². The first-order valence-corrected chi connectivity index (χ1v) is 8.99. The lowest BCUT2D eigenvalue weighted by molar-refractivity contribution is -0.159. The lowest BCUT2D eigenvalue weighted by atomic mass is 10.2. The Bertz CT molecular complexity index is 632. The fourth-order valence-electron chi connectivity index (χ4n) is 1.97. The Hall–Kier alpha value is -1.67. The highest BCUT2D eigenvalue weighted by atomic mass is 79.9. The standard InChI is InChI=1S/C18H26BrFN2O4/c1-18(2,3)26-17(24)11-22(9-8-21(4)5)16(23)12-25-15-7-6-13(19)10-14(15)20/h6-7,10H,8-9,11-12H2,1-5H3. The lowest BCUT2D eigenvalue weighted by Gasteiger charge is -2.26. The number of hydrogen-bond donors (Lipinski definition) is 0. The van der Waals surface area contributed by atoms with E-state index in [4.69, 9.17) is 9.47 Å². The monoisotopic (exact) mass is 432 g/mol. The summed E-state index contributed by atoms with van der Waals surface area (Å²) in [4.78, 5) is 27.7. The van der Waals surface area contributed by atoms with Gasteiger partial charge in [-0.25, -0.2) is 4.39 Å². The van der Waals surface area contributed by atoms with E-state index in [1.165, 1.54) is 17.0 Å². The molecule has 1 amide bonds. The van der Waals surface area contributed by atoms with Crippen molar-refractivity contribution in [1.29, 1.82) is 0 Å². The predicted molar refractivity (Wildman–Crippen MR) is 101 cm³/mol. The minimum Gasteiger partial charge on any atom is -0.481 e. The molecular weight excluding hydrogens is 407 g/mol. The first kappa shape index (κ1) is 22.4. The van der Waals surface area contributed by atoms with Crippen LogP contribution in [-0.2, 0) is 14.3 Å². The van der Waals surface area contributed by atoms with Gasteiger partial charge in [0.1, 0.15) is 12.1 Å². The largest absolute Gasteiger partial charge is 0.481 e. The molecule has 0 bridgehead atoms. The Morgan fingerprint density at radius 2 is 1.85 bits per heavy atom. The van der Waals surface area contributed by atoms with E-state index in [0.29, 0.717) is 17.6 Å². The van der Waals surface area contributed by atoms with Crippen molar-refractivity contribution in [2.24, 2.45) is 0 Å². The van der Waals surface area contributed by atoms with E-state index in [2.05, 4.69) is 15.9 Å². The average Bonchev–Trinajstić information content (AvgIpc) is 2.48. The van der Waals surface area contributed by atoms with Crippen LogP contribution in [0.4, 0.5) is 4.39 Å². The molecule has 26 heavy (non-hydrogen) atoms. The minimum absolute atomic E-state index is 0.0219. The number of carbonyl (C=O) groups is 2. The van der Waals surface area contributed by atoms with Gasteiger partial charge in [-0.1, -0.05) is 15.9 Å². The van der Waals surface area contributed by atoms with E-state index >= 15 is 0 Å². The molecule has 146 valence electrons. The van der Waals surface area contributed by atoms with Crippen molar-refractivity contribution in [3.8, 4) is 5.75 Å². The fraction of sp³-hybridized carbons (Fsp3) is 0.556. The van der Waals surface area contributed by atoms with Crippen molar-refractivity contribution in [1.82, 2.24) is 9.80 Å². The Kier molecular flexibility index (Phi) is 8.49. The van der Waals surface area contributed by atoms with Gasteiger partial charge in [0.15, 0.2) is 18.2 Å². The van der Waals surface area contributed by atoms with Crippen LogP contribution in [0.5, 0.6) is 5.75 Å². The summed E-state index contributed by atoms with van der Waals surface area (Å²) < 4.78 is 24.9.